The van der Waals surface area contributed by atoms with Crippen molar-refractivity contribution in [2.24, 2.45) is 0 Å². The largest absolute Gasteiger partial charge is 0.354 e. The van der Waals surface area contributed by atoms with Crippen molar-refractivity contribution in [1.82, 2.24) is 19.8 Å². The predicted octanol–water partition coefficient (Wildman–Crippen LogP) is 3.34. The lowest BCUT2D eigenvalue weighted by molar-refractivity contribution is 0.507. The molecule has 1 aromatic carbocycles. The summed E-state index contributed by atoms with van der Waals surface area (Å²) in [6.45, 7) is 6.54. The highest BCUT2D eigenvalue weighted by Crippen LogP contribution is 2.22. The molecular weight excluding hydrogens is 312 g/mol. The molecule has 0 atom stereocenters. The van der Waals surface area contributed by atoms with Crippen LogP contribution in [-0.2, 0) is 12.0 Å². The summed E-state index contributed by atoms with van der Waals surface area (Å²) in [7, 11) is 1.84. The lowest BCUT2D eigenvalue weighted by atomic mass is 9.96. The van der Waals surface area contributed by atoms with Gasteiger partial charge in [-0.3, -0.25) is 0 Å². The molecular formula is C17H19F2N5. The smallest absolute Gasteiger partial charge is 0.178 e. The second kappa shape index (κ2) is 5.81. The minimum Gasteiger partial charge on any atom is -0.354 e. The van der Waals surface area contributed by atoms with E-state index in [4.69, 9.17) is 0 Å². The van der Waals surface area contributed by atoms with Crippen LogP contribution in [0.4, 0.5) is 14.6 Å². The molecule has 0 bridgehead atoms. The minimum absolute atomic E-state index is 0.191. The first-order valence-corrected chi connectivity index (χ1v) is 7.64. The summed E-state index contributed by atoms with van der Waals surface area (Å²) in [5.74, 6) is -0.239. The molecule has 3 aromatic rings. The van der Waals surface area contributed by atoms with Gasteiger partial charge in [-0.25, -0.2) is 8.78 Å². The highest BCUT2D eigenvalue weighted by molar-refractivity contribution is 5.46. The van der Waals surface area contributed by atoms with Crippen molar-refractivity contribution in [3.63, 3.8) is 0 Å². The van der Waals surface area contributed by atoms with Gasteiger partial charge in [-0.05, 0) is 29.8 Å². The number of rotatable bonds is 3. The van der Waals surface area contributed by atoms with Gasteiger partial charge in [-0.15, -0.1) is 15.3 Å². The van der Waals surface area contributed by atoms with E-state index in [1.165, 1.54) is 6.07 Å². The first kappa shape index (κ1) is 16.3. The molecule has 7 heteroatoms. The maximum Gasteiger partial charge on any atom is 0.178 e. The Hall–Kier alpha value is -2.57. The van der Waals surface area contributed by atoms with Crippen molar-refractivity contribution < 1.29 is 8.78 Å². The Bertz CT molecular complexity index is 882. The highest BCUT2D eigenvalue weighted by atomic mass is 19.2. The average Bonchev–Trinajstić information content (AvgIpc) is 2.94. The van der Waals surface area contributed by atoms with E-state index in [9.17, 15) is 8.78 Å². The molecule has 2 aromatic heterocycles. The average molecular weight is 331 g/mol. The molecule has 0 N–H and O–H groups in total. The summed E-state index contributed by atoms with van der Waals surface area (Å²) in [6, 6.07) is 7.56. The maximum absolute atomic E-state index is 13.4. The third kappa shape index (κ3) is 3.06. The Morgan fingerprint density at radius 2 is 1.79 bits per heavy atom. The fraction of sp³-hybridized carbons (Fsp3) is 0.353. The number of anilines is 1. The highest BCUT2D eigenvalue weighted by Gasteiger charge is 2.22. The Balaban J connectivity index is 1.92. The number of aromatic nitrogens is 4. The minimum atomic E-state index is -0.849. The van der Waals surface area contributed by atoms with Crippen LogP contribution in [0.25, 0.3) is 5.65 Å². The molecule has 0 aliphatic rings. The van der Waals surface area contributed by atoms with Crippen LogP contribution >= 0.6 is 0 Å². The summed E-state index contributed by atoms with van der Waals surface area (Å²) < 4.78 is 28.1. The van der Waals surface area contributed by atoms with Gasteiger partial charge in [0, 0.05) is 19.0 Å². The van der Waals surface area contributed by atoms with E-state index in [1.807, 2.05) is 44.9 Å². The number of fused-ring (bicyclic) bond motifs is 1. The van der Waals surface area contributed by atoms with Crippen LogP contribution in [0, 0.1) is 11.6 Å². The van der Waals surface area contributed by atoms with Gasteiger partial charge >= 0.3 is 0 Å². The first-order valence-electron chi connectivity index (χ1n) is 7.64. The number of hydrogen-bond donors (Lipinski definition) is 0. The standard InChI is InChI=1S/C17H19F2N5/c1-17(2,3)16-21-20-14-7-8-15(22-24(14)16)23(4)10-11-5-6-12(18)13(19)9-11/h5-9H,10H2,1-4H3. The summed E-state index contributed by atoms with van der Waals surface area (Å²) >= 11 is 0. The summed E-state index contributed by atoms with van der Waals surface area (Å²) in [5, 5.41) is 12.9. The topological polar surface area (TPSA) is 46.3 Å². The van der Waals surface area contributed by atoms with Gasteiger partial charge in [0.05, 0.1) is 0 Å². The van der Waals surface area contributed by atoms with E-state index in [0.29, 0.717) is 23.6 Å². The van der Waals surface area contributed by atoms with E-state index < -0.39 is 11.6 Å². The van der Waals surface area contributed by atoms with E-state index in [0.717, 1.165) is 11.9 Å². The molecule has 0 aliphatic carbocycles. The van der Waals surface area contributed by atoms with Crippen LogP contribution in [0.5, 0.6) is 0 Å². The quantitative estimate of drug-likeness (QED) is 0.738. The fourth-order valence-electron chi connectivity index (χ4n) is 2.44. The van der Waals surface area contributed by atoms with Crippen molar-refractivity contribution in [3.05, 3.63) is 53.4 Å². The zero-order chi connectivity index (χ0) is 17.5. The van der Waals surface area contributed by atoms with Crippen molar-refractivity contribution in [2.75, 3.05) is 11.9 Å². The molecule has 0 aliphatic heterocycles. The molecule has 24 heavy (non-hydrogen) atoms. The third-order valence-corrected chi connectivity index (χ3v) is 3.71. The summed E-state index contributed by atoms with van der Waals surface area (Å²) in [6.07, 6.45) is 0. The molecule has 0 amide bonds. The Morgan fingerprint density at radius 1 is 1.04 bits per heavy atom. The molecule has 0 fully saturated rings. The van der Waals surface area contributed by atoms with Crippen LogP contribution in [0.1, 0.15) is 32.2 Å². The number of nitrogens with zero attached hydrogens (tertiary/aromatic N) is 5. The summed E-state index contributed by atoms with van der Waals surface area (Å²) in [5.41, 5.74) is 1.15. The van der Waals surface area contributed by atoms with Crippen molar-refractivity contribution in [1.29, 1.82) is 0 Å². The Morgan fingerprint density at radius 3 is 2.46 bits per heavy atom. The van der Waals surface area contributed by atoms with Crippen molar-refractivity contribution in [3.8, 4) is 0 Å². The second-order valence-corrected chi connectivity index (χ2v) is 6.84. The monoisotopic (exact) mass is 331 g/mol. The molecule has 5 nitrogen and oxygen atoms in total. The molecule has 126 valence electrons. The third-order valence-electron chi connectivity index (χ3n) is 3.71. The molecule has 0 saturated heterocycles. The molecule has 0 spiro atoms. The van der Waals surface area contributed by atoms with Crippen LogP contribution < -0.4 is 4.90 Å². The van der Waals surface area contributed by atoms with Crippen LogP contribution in [-0.4, -0.2) is 26.9 Å². The van der Waals surface area contributed by atoms with Gasteiger partial charge in [0.15, 0.2) is 23.1 Å². The lowest BCUT2D eigenvalue weighted by Gasteiger charge is -2.20. The summed E-state index contributed by atoms with van der Waals surface area (Å²) in [4.78, 5) is 1.86. The zero-order valence-electron chi connectivity index (χ0n) is 14.1. The first-order chi connectivity index (χ1) is 11.3. The van der Waals surface area contributed by atoms with Gasteiger partial charge in [0.1, 0.15) is 5.82 Å². The lowest BCUT2D eigenvalue weighted by Crippen LogP contribution is -2.21. The molecule has 0 unspecified atom stereocenters. The van der Waals surface area contributed by atoms with E-state index in [1.54, 1.807) is 10.6 Å². The van der Waals surface area contributed by atoms with E-state index in [-0.39, 0.29) is 5.41 Å². The van der Waals surface area contributed by atoms with Gasteiger partial charge in [0.25, 0.3) is 0 Å². The number of benzene rings is 1. The second-order valence-electron chi connectivity index (χ2n) is 6.84. The van der Waals surface area contributed by atoms with Crippen molar-refractivity contribution in [2.45, 2.75) is 32.7 Å². The van der Waals surface area contributed by atoms with Gasteiger partial charge in [-0.2, -0.15) is 4.52 Å². The van der Waals surface area contributed by atoms with E-state index in [2.05, 4.69) is 15.3 Å². The fourth-order valence-corrected chi connectivity index (χ4v) is 2.44. The van der Waals surface area contributed by atoms with Crippen LogP contribution in [0.15, 0.2) is 30.3 Å². The number of hydrogen-bond acceptors (Lipinski definition) is 4. The van der Waals surface area contributed by atoms with Crippen LogP contribution in [0.2, 0.25) is 0 Å². The van der Waals surface area contributed by atoms with Gasteiger partial charge < -0.3 is 4.90 Å². The van der Waals surface area contributed by atoms with E-state index >= 15 is 0 Å². The SMILES string of the molecule is CN(Cc1ccc(F)c(F)c1)c1ccc2nnc(C(C)(C)C)n2n1. The van der Waals surface area contributed by atoms with Gasteiger partial charge in [-0.1, -0.05) is 26.8 Å². The molecule has 3 rings (SSSR count). The normalized spacial score (nSPS) is 11.9. The van der Waals surface area contributed by atoms with Gasteiger partial charge in [0.2, 0.25) is 0 Å². The molecule has 2 heterocycles. The van der Waals surface area contributed by atoms with Crippen molar-refractivity contribution >= 4 is 11.5 Å². The zero-order valence-corrected chi connectivity index (χ0v) is 14.1. The number of halogens is 2. The molecule has 0 saturated carbocycles. The van der Waals surface area contributed by atoms with Crippen LogP contribution in [0.3, 0.4) is 0 Å². The maximum atomic E-state index is 13.4. The Kier molecular flexibility index (Phi) is 3.95. The Labute approximate surface area is 138 Å². The molecule has 0 radical (unpaired) electrons. The predicted molar refractivity (Wildman–Crippen MR) is 87.9 cm³/mol.